The first-order chi connectivity index (χ1) is 14.0. The molecule has 0 aliphatic carbocycles. The first kappa shape index (κ1) is 97.2. The Bertz CT molecular complexity index is 958. The minimum Gasteiger partial charge on any atom is -0.786 e. The Kier molecular flexibility index (Phi) is 100. The summed E-state index contributed by atoms with van der Waals surface area (Å²) in [4.78, 5) is 16.9. The molecule has 224 valence electrons. The molecule has 0 aromatic heterocycles. The summed E-state index contributed by atoms with van der Waals surface area (Å²) in [5, 5.41) is 0. The summed E-state index contributed by atoms with van der Waals surface area (Å²) in [7, 11) is -29.1. The molecule has 0 unspecified atom stereocenters. The summed E-state index contributed by atoms with van der Waals surface area (Å²) in [6.45, 7) is 0. The molecule has 37 heteroatoms. The SMILES string of the molecule is CS(=O)(=O)[O-].CS(=O)(=O)[O-].CS(=O)(=O)[O-].CS(=O)(=O)[O-].CS(=O)(=O)[O-].CS(=O)(=O)[O-].O=P([O-])([O-])F.[Li+].[Li+].[Li+].[Li+].[Li+].[Li+].[Li+].[Li+]. The van der Waals surface area contributed by atoms with E-state index in [0.717, 1.165) is 0 Å². The number of rotatable bonds is 0. The monoisotopic (exact) mass is 724 g/mol. The summed E-state index contributed by atoms with van der Waals surface area (Å²) < 4.78 is 182. The Morgan fingerprint density at radius 1 is 0.349 bits per heavy atom. The topological polar surface area (TPSA) is 406 Å². The molecular weight excluding hydrogens is 706 g/mol. The standard InChI is InChI=1S/6CH4O3S.FH2O3P.8Li/c7*1-5(2,3)4;;;;;;;;/h6*1H3,(H,2,3,4);(H2,2,3,4);;;;;;;;/q;;;;;;;8*+1/p-8. The molecule has 0 amide bonds. The molecular formula is C6H18FLi8O21PS6. The second kappa shape index (κ2) is 44.3. The van der Waals surface area contributed by atoms with E-state index in [1.54, 1.807) is 0 Å². The van der Waals surface area contributed by atoms with Gasteiger partial charge < -0.3 is 41.7 Å². The van der Waals surface area contributed by atoms with Crippen molar-refractivity contribution in [1.29, 1.82) is 0 Å². The first-order valence-electron chi connectivity index (χ1n) is 6.17. The van der Waals surface area contributed by atoms with E-state index in [4.69, 9.17) is 92.2 Å². The van der Waals surface area contributed by atoms with E-state index in [0.29, 0.717) is 37.5 Å². The number of hydrogen-bond donors (Lipinski definition) is 0. The summed E-state index contributed by atoms with van der Waals surface area (Å²) in [5.74, 6) is 0. The minimum absolute atomic E-state index is 0. The van der Waals surface area contributed by atoms with Crippen molar-refractivity contribution >= 4 is 68.6 Å². The second-order valence-electron chi connectivity index (χ2n) is 4.66. The molecule has 0 rings (SSSR count). The fourth-order valence-electron chi connectivity index (χ4n) is 0. The average molecular weight is 724 g/mol. The van der Waals surface area contributed by atoms with Gasteiger partial charge in [0.25, 0.3) is 0 Å². The van der Waals surface area contributed by atoms with Gasteiger partial charge in [-0.3, -0.25) is 0 Å². The van der Waals surface area contributed by atoms with Gasteiger partial charge in [0.1, 0.15) is 7.91 Å². The van der Waals surface area contributed by atoms with Crippen molar-refractivity contribution < 1.29 is 247 Å². The maximum absolute atomic E-state index is 10.1. The maximum atomic E-state index is 10.1. The molecule has 0 bridgehead atoms. The van der Waals surface area contributed by atoms with Gasteiger partial charge in [-0.2, -0.15) is 0 Å². The number of halogens is 1. The zero-order valence-electron chi connectivity index (χ0n) is 25.8. The van der Waals surface area contributed by atoms with Crippen LogP contribution in [0.1, 0.15) is 0 Å². The normalized spacial score (nSPS) is 9.47. The smallest absolute Gasteiger partial charge is 0.786 e. The molecule has 0 aromatic rings. The second-order valence-corrected chi connectivity index (χ2v) is 14.0. The Labute approximate surface area is 348 Å². The molecule has 0 saturated heterocycles. The Balaban J connectivity index is -0.0000000159. The molecule has 43 heavy (non-hydrogen) atoms. The van der Waals surface area contributed by atoms with E-state index in [1.165, 1.54) is 0 Å². The first-order valence-corrected chi connectivity index (χ1v) is 18.5. The molecule has 0 aliphatic rings. The van der Waals surface area contributed by atoms with Gasteiger partial charge in [-0.1, -0.05) is 0 Å². The van der Waals surface area contributed by atoms with E-state index >= 15 is 0 Å². The van der Waals surface area contributed by atoms with Crippen molar-refractivity contribution in [2.75, 3.05) is 37.5 Å². The Morgan fingerprint density at radius 2 is 0.349 bits per heavy atom. The van der Waals surface area contributed by atoms with Gasteiger partial charge in [-0.15, -0.1) is 0 Å². The quantitative estimate of drug-likeness (QED) is 0.127. The molecule has 0 spiro atoms. The molecule has 0 atom stereocenters. The van der Waals surface area contributed by atoms with Crippen LogP contribution in [-0.2, 0) is 65.3 Å². The summed E-state index contributed by atoms with van der Waals surface area (Å²) >= 11 is 0. The van der Waals surface area contributed by atoms with Crippen LogP contribution in [0.2, 0.25) is 0 Å². The molecule has 0 radical (unpaired) electrons. The van der Waals surface area contributed by atoms with Gasteiger partial charge in [0, 0.05) is 37.5 Å². The maximum Gasteiger partial charge on any atom is 1.00 e. The van der Waals surface area contributed by atoms with Crippen LogP contribution in [0.4, 0.5) is 4.20 Å². The van der Waals surface area contributed by atoms with E-state index in [2.05, 4.69) is 0 Å². The number of hydrogen-bond acceptors (Lipinski definition) is 21. The predicted molar refractivity (Wildman–Crippen MR) is 102 cm³/mol. The van der Waals surface area contributed by atoms with Crippen LogP contribution >= 0.6 is 7.91 Å². The molecule has 0 aliphatic heterocycles. The molecule has 0 heterocycles. The van der Waals surface area contributed by atoms with Gasteiger partial charge in [-0.25, -0.2) is 54.7 Å². The molecule has 0 fully saturated rings. The summed E-state index contributed by atoms with van der Waals surface area (Å²) in [5.41, 5.74) is 0. The largest absolute Gasteiger partial charge is 1.00 e. The predicted octanol–water partition coefficient (Wildman–Crippen LogP) is -30.2. The van der Waals surface area contributed by atoms with Gasteiger partial charge in [-0.05, 0) is 0 Å². The van der Waals surface area contributed by atoms with Crippen molar-refractivity contribution in [2.45, 2.75) is 0 Å². The summed E-state index contributed by atoms with van der Waals surface area (Å²) in [6, 6.07) is 0. The Morgan fingerprint density at radius 3 is 0.349 bits per heavy atom. The van der Waals surface area contributed by atoms with Crippen molar-refractivity contribution in [3.63, 3.8) is 0 Å². The van der Waals surface area contributed by atoms with Crippen LogP contribution in [0.15, 0.2) is 0 Å². The molecule has 21 nitrogen and oxygen atoms in total. The van der Waals surface area contributed by atoms with Crippen LogP contribution in [0.25, 0.3) is 0 Å². The minimum atomic E-state index is -5.64. The van der Waals surface area contributed by atoms with Crippen LogP contribution in [0, 0.1) is 0 Å². The fourth-order valence-corrected chi connectivity index (χ4v) is 0. The van der Waals surface area contributed by atoms with E-state index in [-0.39, 0.29) is 151 Å². The van der Waals surface area contributed by atoms with Crippen LogP contribution in [0.3, 0.4) is 0 Å². The molecule has 0 aromatic carbocycles. The van der Waals surface area contributed by atoms with Gasteiger partial charge >= 0.3 is 151 Å². The van der Waals surface area contributed by atoms with Gasteiger partial charge in [0.15, 0.2) is 0 Å². The van der Waals surface area contributed by atoms with Crippen LogP contribution in [0.5, 0.6) is 0 Å². The zero-order valence-corrected chi connectivity index (χ0v) is 31.6. The van der Waals surface area contributed by atoms with Gasteiger partial charge in [0.2, 0.25) is 0 Å². The third-order valence-corrected chi connectivity index (χ3v) is 0. The van der Waals surface area contributed by atoms with Crippen molar-refractivity contribution in [3.8, 4) is 0 Å². The van der Waals surface area contributed by atoms with Gasteiger partial charge in [0.05, 0.1) is 60.7 Å². The van der Waals surface area contributed by atoms with Crippen molar-refractivity contribution in [1.82, 2.24) is 0 Å². The van der Waals surface area contributed by atoms with Crippen LogP contribution in [-0.4, -0.2) is 115 Å². The van der Waals surface area contributed by atoms with E-state index in [1.807, 2.05) is 0 Å². The van der Waals surface area contributed by atoms with E-state index < -0.39 is 68.6 Å². The van der Waals surface area contributed by atoms with Crippen LogP contribution < -0.4 is 161 Å². The third-order valence-electron chi connectivity index (χ3n) is 0. The zero-order chi connectivity index (χ0) is 31.5. The molecule has 0 saturated carbocycles. The average Bonchev–Trinajstić information content (AvgIpc) is 2.06. The molecule has 0 N–H and O–H groups in total. The van der Waals surface area contributed by atoms with E-state index in [9.17, 15) is 4.20 Å². The Hall–Kier alpha value is 4.32. The third kappa shape index (κ3) is 4880. The van der Waals surface area contributed by atoms with Crippen molar-refractivity contribution in [2.24, 2.45) is 0 Å². The summed E-state index contributed by atoms with van der Waals surface area (Å²) in [6.07, 6.45) is 3.62. The fraction of sp³-hybridized carbons (Fsp3) is 1.00. The van der Waals surface area contributed by atoms with Crippen molar-refractivity contribution in [3.05, 3.63) is 0 Å².